The predicted molar refractivity (Wildman–Crippen MR) is 174 cm³/mol. The van der Waals surface area contributed by atoms with Crippen LogP contribution in [0.1, 0.15) is 51.5 Å². The molecule has 2 atom stereocenters. The lowest BCUT2D eigenvalue weighted by Gasteiger charge is -2.33. The minimum Gasteiger partial charge on any atom is -0.490 e. The van der Waals surface area contributed by atoms with E-state index in [-0.39, 0.29) is 23.5 Å². The number of likely N-dealkylation sites (tertiary alicyclic amines) is 1. The Morgan fingerprint density at radius 1 is 0.957 bits per heavy atom. The first-order valence-corrected chi connectivity index (χ1v) is 17.0. The molecule has 47 heavy (non-hydrogen) atoms. The number of halogens is 1. The van der Waals surface area contributed by atoms with Crippen molar-refractivity contribution in [3.63, 3.8) is 0 Å². The summed E-state index contributed by atoms with van der Waals surface area (Å²) in [6.07, 6.45) is 0.429. The SMILES string of the molecule is CC(C)(C)OC(=O)N1CCC(Oc2cccc([C@H]3C[C@]3(C(=O)O)N(CC(=O)O)S(=O)(=O)c3ccc(-c4ccc(Cl)cc4)cc3)c2)CC1. The molecule has 13 heteroatoms. The normalized spacial score (nSPS) is 20.1. The van der Waals surface area contributed by atoms with Gasteiger partial charge in [-0.25, -0.2) is 13.2 Å². The average Bonchev–Trinajstić information content (AvgIpc) is 3.77. The molecule has 250 valence electrons. The standard InChI is InChI=1S/C34H37ClN2O9S/c1-33(2,3)46-32(42)36-17-15-26(16-18-36)45-27-6-4-5-24(19-27)29-20-34(29,31(40)41)37(21-30(38)39)47(43,44)28-13-9-23(10-14-28)22-7-11-25(35)12-8-22/h4-14,19,26,29H,15-18,20-21H2,1-3H3,(H,38,39)(H,40,41)/t29-,34+/m1/s1. The molecule has 1 heterocycles. The predicted octanol–water partition coefficient (Wildman–Crippen LogP) is 5.87. The van der Waals surface area contributed by atoms with Crippen LogP contribution in [-0.2, 0) is 24.3 Å². The van der Waals surface area contributed by atoms with E-state index in [1.165, 1.54) is 12.1 Å². The molecule has 2 fully saturated rings. The molecule has 0 aromatic heterocycles. The summed E-state index contributed by atoms with van der Waals surface area (Å²) in [4.78, 5) is 38.6. The fraction of sp³-hybridized carbons (Fsp3) is 0.382. The van der Waals surface area contributed by atoms with Crippen molar-refractivity contribution in [2.45, 2.75) is 68.1 Å². The van der Waals surface area contributed by atoms with Crippen LogP contribution in [0.2, 0.25) is 5.02 Å². The molecule has 1 saturated carbocycles. The first-order chi connectivity index (χ1) is 22.1. The third-order valence-electron chi connectivity index (χ3n) is 8.30. The number of carbonyl (C=O) groups is 3. The van der Waals surface area contributed by atoms with Gasteiger partial charge in [-0.15, -0.1) is 0 Å². The van der Waals surface area contributed by atoms with Crippen molar-refractivity contribution in [2.24, 2.45) is 0 Å². The third kappa shape index (κ3) is 7.55. The quantitative estimate of drug-likeness (QED) is 0.267. The van der Waals surface area contributed by atoms with Crippen LogP contribution in [0.5, 0.6) is 5.75 Å². The number of sulfonamides is 1. The Kier molecular flexibility index (Phi) is 9.59. The molecule has 1 amide bonds. The second-order valence-corrected chi connectivity index (χ2v) is 15.1. The summed E-state index contributed by atoms with van der Waals surface area (Å²) in [6, 6.07) is 19.6. The van der Waals surface area contributed by atoms with Gasteiger partial charge in [0, 0.05) is 36.9 Å². The lowest BCUT2D eigenvalue weighted by Crippen LogP contribution is -2.50. The average molecular weight is 685 g/mol. The Labute approximate surface area is 278 Å². The molecule has 0 bridgehead atoms. The first-order valence-electron chi connectivity index (χ1n) is 15.2. The van der Waals surface area contributed by atoms with Crippen LogP contribution in [0.4, 0.5) is 4.79 Å². The molecule has 1 saturated heterocycles. The van der Waals surface area contributed by atoms with Crippen LogP contribution in [0.15, 0.2) is 77.7 Å². The zero-order valence-corrected chi connectivity index (χ0v) is 27.8. The van der Waals surface area contributed by atoms with Crippen LogP contribution in [0.3, 0.4) is 0 Å². The minimum absolute atomic E-state index is 0.116. The summed E-state index contributed by atoms with van der Waals surface area (Å²) in [5.74, 6) is -3.27. The summed E-state index contributed by atoms with van der Waals surface area (Å²) in [6.45, 7) is 5.30. The number of carboxylic acids is 2. The molecular weight excluding hydrogens is 648 g/mol. The summed E-state index contributed by atoms with van der Waals surface area (Å²) >= 11 is 5.97. The number of hydrogen-bond donors (Lipinski definition) is 2. The van der Waals surface area contributed by atoms with Crippen molar-refractivity contribution in [2.75, 3.05) is 19.6 Å². The fourth-order valence-electron chi connectivity index (χ4n) is 5.90. The molecule has 3 aromatic carbocycles. The zero-order chi connectivity index (χ0) is 34.1. The van der Waals surface area contributed by atoms with E-state index in [2.05, 4.69) is 0 Å². The number of benzene rings is 3. The zero-order valence-electron chi connectivity index (χ0n) is 26.3. The molecular formula is C34H37ClN2O9S. The highest BCUT2D eigenvalue weighted by atomic mass is 35.5. The van der Waals surface area contributed by atoms with Crippen LogP contribution < -0.4 is 4.74 Å². The molecule has 5 rings (SSSR count). The van der Waals surface area contributed by atoms with Crippen molar-refractivity contribution in [3.05, 3.63) is 83.4 Å². The highest BCUT2D eigenvalue weighted by molar-refractivity contribution is 7.89. The van der Waals surface area contributed by atoms with Gasteiger partial charge in [0.2, 0.25) is 10.0 Å². The second kappa shape index (κ2) is 13.2. The molecule has 0 spiro atoms. The maximum Gasteiger partial charge on any atom is 0.410 e. The van der Waals surface area contributed by atoms with Gasteiger partial charge in [0.05, 0.1) is 4.90 Å². The number of amides is 1. The van der Waals surface area contributed by atoms with E-state index in [0.29, 0.717) is 52.1 Å². The third-order valence-corrected chi connectivity index (χ3v) is 10.5. The lowest BCUT2D eigenvalue weighted by atomic mass is 10.0. The summed E-state index contributed by atoms with van der Waals surface area (Å²) < 4.78 is 40.1. The molecule has 1 aliphatic heterocycles. The van der Waals surface area contributed by atoms with Crippen LogP contribution in [0, 0.1) is 0 Å². The Bertz CT molecular complexity index is 1750. The van der Waals surface area contributed by atoms with E-state index >= 15 is 0 Å². The summed E-state index contributed by atoms with van der Waals surface area (Å²) in [7, 11) is -4.56. The van der Waals surface area contributed by atoms with Gasteiger partial charge in [0.25, 0.3) is 0 Å². The first kappa shape index (κ1) is 34.2. The van der Waals surface area contributed by atoms with Crippen molar-refractivity contribution in [1.29, 1.82) is 0 Å². The van der Waals surface area contributed by atoms with Gasteiger partial charge in [0.1, 0.15) is 29.5 Å². The number of rotatable bonds is 10. The Morgan fingerprint density at radius 3 is 2.11 bits per heavy atom. The minimum atomic E-state index is -4.56. The van der Waals surface area contributed by atoms with E-state index in [4.69, 9.17) is 21.1 Å². The van der Waals surface area contributed by atoms with Crippen LogP contribution >= 0.6 is 11.6 Å². The van der Waals surface area contributed by atoms with Crippen LogP contribution in [-0.4, -0.2) is 82.7 Å². The molecule has 3 aromatic rings. The number of aliphatic carboxylic acids is 2. The summed E-state index contributed by atoms with van der Waals surface area (Å²) in [5, 5.41) is 20.7. The topological polar surface area (TPSA) is 151 Å². The largest absolute Gasteiger partial charge is 0.490 e. The van der Waals surface area contributed by atoms with Gasteiger partial charge in [-0.2, -0.15) is 4.31 Å². The molecule has 2 N–H and O–H groups in total. The van der Waals surface area contributed by atoms with E-state index in [9.17, 15) is 33.0 Å². The van der Waals surface area contributed by atoms with Gasteiger partial charge < -0.3 is 24.6 Å². The highest BCUT2D eigenvalue weighted by Crippen LogP contribution is 2.57. The number of hydrogen-bond acceptors (Lipinski definition) is 7. The molecule has 0 radical (unpaired) electrons. The number of piperidine rings is 1. The van der Waals surface area contributed by atoms with Crippen molar-refractivity contribution in [1.82, 2.24) is 9.21 Å². The van der Waals surface area contributed by atoms with E-state index in [0.717, 1.165) is 5.56 Å². The van der Waals surface area contributed by atoms with E-state index < -0.39 is 45.6 Å². The molecule has 1 aliphatic carbocycles. The van der Waals surface area contributed by atoms with Crippen molar-refractivity contribution in [3.8, 4) is 16.9 Å². The van der Waals surface area contributed by atoms with Crippen molar-refractivity contribution >= 4 is 39.7 Å². The van der Waals surface area contributed by atoms with Crippen molar-refractivity contribution < 1.29 is 42.5 Å². The monoisotopic (exact) mass is 684 g/mol. The van der Waals surface area contributed by atoms with Gasteiger partial charge >= 0.3 is 18.0 Å². The number of carboxylic acid groups (broad SMARTS) is 2. The van der Waals surface area contributed by atoms with Gasteiger partial charge in [-0.1, -0.05) is 48.0 Å². The molecule has 11 nitrogen and oxygen atoms in total. The number of ether oxygens (including phenoxy) is 2. The Balaban J connectivity index is 1.34. The summed E-state index contributed by atoms with van der Waals surface area (Å²) in [5.41, 5.74) is -0.597. The Hall–Kier alpha value is -4.13. The second-order valence-electron chi connectivity index (χ2n) is 12.8. The lowest BCUT2D eigenvalue weighted by molar-refractivity contribution is -0.145. The highest BCUT2D eigenvalue weighted by Gasteiger charge is 2.68. The van der Waals surface area contributed by atoms with Gasteiger partial charge in [-0.05, 0) is 80.3 Å². The smallest absolute Gasteiger partial charge is 0.410 e. The molecule has 0 unspecified atom stereocenters. The van der Waals surface area contributed by atoms with E-state index in [1.54, 1.807) is 65.6 Å². The number of nitrogens with zero attached hydrogens (tertiary/aromatic N) is 2. The van der Waals surface area contributed by atoms with Gasteiger partial charge in [-0.3, -0.25) is 9.59 Å². The van der Waals surface area contributed by atoms with E-state index in [1.807, 2.05) is 20.8 Å². The maximum absolute atomic E-state index is 13.9. The number of carbonyl (C=O) groups excluding carboxylic acids is 1. The molecule has 2 aliphatic rings. The van der Waals surface area contributed by atoms with Gasteiger partial charge in [0.15, 0.2) is 0 Å². The fourth-order valence-corrected chi connectivity index (χ4v) is 7.75. The maximum atomic E-state index is 13.9. The van der Waals surface area contributed by atoms with Crippen LogP contribution in [0.25, 0.3) is 11.1 Å². The Morgan fingerprint density at radius 2 is 1.55 bits per heavy atom.